The first-order chi connectivity index (χ1) is 16.5. The fourth-order valence-electron chi connectivity index (χ4n) is 3.57. The first-order valence-corrected chi connectivity index (χ1v) is 13.3. The van der Waals surface area contributed by atoms with Crippen LogP contribution in [0.4, 0.5) is 5.82 Å². The van der Waals surface area contributed by atoms with E-state index >= 15 is 0 Å². The average Bonchev–Trinajstić information content (AvgIpc) is 3.26. The molecule has 0 amide bonds. The highest BCUT2D eigenvalue weighted by Crippen LogP contribution is 2.56. The second kappa shape index (κ2) is 11.4. The summed E-state index contributed by atoms with van der Waals surface area (Å²) in [6.07, 6.45) is 5.03. The number of fused-ring (bicyclic) bond motifs is 1. The number of halogens is 1. The minimum Gasteiger partial charge on any atom is -0.367 e. The van der Waals surface area contributed by atoms with Gasteiger partial charge in [0.05, 0.1) is 32.0 Å². The quantitative estimate of drug-likeness (QED) is 0.167. The number of imidazole rings is 1. The van der Waals surface area contributed by atoms with Crippen LogP contribution in [0.25, 0.3) is 11.2 Å². The van der Waals surface area contributed by atoms with Gasteiger partial charge in [-0.3, -0.25) is 9.09 Å². The number of ether oxygens (including phenoxy) is 1. The van der Waals surface area contributed by atoms with Crippen LogP contribution in [0, 0.1) is 0 Å². The van der Waals surface area contributed by atoms with E-state index in [4.69, 9.17) is 25.4 Å². The maximum atomic E-state index is 13.0. The van der Waals surface area contributed by atoms with E-state index in [1.54, 1.807) is 18.7 Å². The summed E-state index contributed by atoms with van der Waals surface area (Å²) in [7, 11) is -3.38. The SMILES string of the molecule is CCN(C=Nc1ncnc2c1ncn2CCOC[P@@]1(=O)OCC[C@@H](c2cccc(Cl)c2)O1)CC. The number of benzene rings is 1. The minimum atomic E-state index is -3.38. The summed E-state index contributed by atoms with van der Waals surface area (Å²) >= 11 is 6.08. The Morgan fingerprint density at radius 2 is 2.18 bits per heavy atom. The van der Waals surface area contributed by atoms with Gasteiger partial charge < -0.3 is 18.7 Å². The van der Waals surface area contributed by atoms with Crippen LogP contribution in [0.3, 0.4) is 0 Å². The maximum Gasteiger partial charge on any atom is 0.356 e. The third-order valence-electron chi connectivity index (χ3n) is 5.44. The normalized spacial score (nSPS) is 20.9. The van der Waals surface area contributed by atoms with E-state index in [9.17, 15) is 4.57 Å². The molecule has 1 fully saturated rings. The summed E-state index contributed by atoms with van der Waals surface area (Å²) in [6, 6.07) is 7.35. The molecule has 3 aromatic rings. The highest BCUT2D eigenvalue weighted by molar-refractivity contribution is 7.53. The van der Waals surface area contributed by atoms with Crippen molar-refractivity contribution in [2.75, 3.05) is 32.7 Å². The van der Waals surface area contributed by atoms with Crippen LogP contribution in [0.1, 0.15) is 31.9 Å². The van der Waals surface area contributed by atoms with E-state index in [1.807, 2.05) is 22.8 Å². The van der Waals surface area contributed by atoms with Crippen molar-refractivity contribution in [3.63, 3.8) is 0 Å². The third kappa shape index (κ3) is 6.00. The summed E-state index contributed by atoms with van der Waals surface area (Å²) < 4.78 is 31.8. The van der Waals surface area contributed by atoms with Gasteiger partial charge in [0.2, 0.25) is 0 Å². The molecule has 0 aliphatic carbocycles. The molecular weight excluding hydrogens is 479 g/mol. The third-order valence-corrected chi connectivity index (χ3v) is 7.33. The molecule has 2 aromatic heterocycles. The van der Waals surface area contributed by atoms with E-state index in [2.05, 4.69) is 38.7 Å². The van der Waals surface area contributed by atoms with Crippen LogP contribution in [0.15, 0.2) is 41.9 Å². The van der Waals surface area contributed by atoms with E-state index < -0.39 is 7.60 Å². The van der Waals surface area contributed by atoms with Crippen LogP contribution >= 0.6 is 19.2 Å². The van der Waals surface area contributed by atoms with E-state index in [1.165, 1.54) is 6.33 Å². The van der Waals surface area contributed by atoms with Crippen molar-refractivity contribution in [2.24, 2.45) is 4.99 Å². The molecule has 1 aliphatic heterocycles. The molecule has 0 saturated carbocycles. The Labute approximate surface area is 203 Å². The van der Waals surface area contributed by atoms with E-state index in [0.29, 0.717) is 41.6 Å². The zero-order chi connectivity index (χ0) is 24.0. The predicted molar refractivity (Wildman–Crippen MR) is 131 cm³/mol. The van der Waals surface area contributed by atoms with Crippen LogP contribution in [-0.2, 0) is 24.9 Å². The molecule has 3 heterocycles. The van der Waals surface area contributed by atoms with Crippen molar-refractivity contribution in [3.05, 3.63) is 47.5 Å². The monoisotopic (exact) mass is 506 g/mol. The molecule has 0 unspecified atom stereocenters. The number of hydrogen-bond acceptors (Lipinski definition) is 8. The molecular formula is C22H28ClN6O4P. The molecule has 10 nitrogen and oxygen atoms in total. The summed E-state index contributed by atoms with van der Waals surface area (Å²) in [4.78, 5) is 19.5. The van der Waals surface area contributed by atoms with Crippen molar-refractivity contribution in [3.8, 4) is 0 Å². The summed E-state index contributed by atoms with van der Waals surface area (Å²) in [5.41, 5.74) is 2.14. The van der Waals surface area contributed by atoms with Crippen molar-refractivity contribution in [1.82, 2.24) is 24.4 Å². The molecule has 34 heavy (non-hydrogen) atoms. The van der Waals surface area contributed by atoms with Crippen molar-refractivity contribution in [2.45, 2.75) is 32.9 Å². The zero-order valence-corrected chi connectivity index (χ0v) is 20.9. The van der Waals surface area contributed by atoms with Gasteiger partial charge >= 0.3 is 7.60 Å². The molecule has 0 radical (unpaired) electrons. The maximum absolute atomic E-state index is 13.0. The highest BCUT2D eigenvalue weighted by atomic mass is 35.5. The fraction of sp³-hybridized carbons (Fsp3) is 0.455. The van der Waals surface area contributed by atoms with Crippen molar-refractivity contribution < 1.29 is 18.3 Å². The van der Waals surface area contributed by atoms with Gasteiger partial charge in [-0.05, 0) is 31.5 Å². The standard InChI is InChI=1S/C22H28ClN6O4P/c1-3-28(4-2)14-27-21-20-22(25-13-24-21)29(15-26-20)9-11-31-16-34(30)32-10-8-19(33-34)17-6-5-7-18(23)12-17/h5-7,12-15,19H,3-4,8-11,16H2,1-2H3/t19-,34+/m0/s1. The molecule has 182 valence electrons. The fourth-order valence-corrected chi connectivity index (χ4v) is 5.31. The lowest BCUT2D eigenvalue weighted by atomic mass is 10.1. The first kappa shape index (κ1) is 24.8. The number of nitrogens with zero attached hydrogens (tertiary/aromatic N) is 6. The number of hydrogen-bond donors (Lipinski definition) is 0. The topological polar surface area (TPSA) is 104 Å². The van der Waals surface area contributed by atoms with Crippen LogP contribution in [-0.4, -0.2) is 63.4 Å². The summed E-state index contributed by atoms with van der Waals surface area (Å²) in [6.45, 7) is 6.92. The Morgan fingerprint density at radius 1 is 1.32 bits per heavy atom. The molecule has 0 N–H and O–H groups in total. The lowest BCUT2D eigenvalue weighted by molar-refractivity contribution is 0.0563. The molecule has 2 atom stereocenters. The average molecular weight is 507 g/mol. The Balaban J connectivity index is 1.34. The molecule has 12 heteroatoms. The smallest absolute Gasteiger partial charge is 0.356 e. The van der Waals surface area contributed by atoms with Crippen LogP contribution in [0.2, 0.25) is 5.02 Å². The Kier molecular flexibility index (Phi) is 8.28. The minimum absolute atomic E-state index is 0.134. The Morgan fingerprint density at radius 3 is 2.97 bits per heavy atom. The Hall–Kier alpha value is -2.36. The zero-order valence-electron chi connectivity index (χ0n) is 19.2. The van der Waals surface area contributed by atoms with E-state index in [-0.39, 0.29) is 19.1 Å². The summed E-state index contributed by atoms with van der Waals surface area (Å²) in [5, 5.41) is 0.608. The van der Waals surface area contributed by atoms with Crippen molar-refractivity contribution in [1.29, 1.82) is 0 Å². The second-order valence-corrected chi connectivity index (χ2v) is 10.1. The van der Waals surface area contributed by atoms with Crippen molar-refractivity contribution >= 4 is 42.5 Å². The van der Waals surface area contributed by atoms with Gasteiger partial charge in [0.15, 0.2) is 17.0 Å². The predicted octanol–water partition coefficient (Wildman–Crippen LogP) is 4.83. The molecule has 1 aliphatic rings. The summed E-state index contributed by atoms with van der Waals surface area (Å²) in [5.74, 6) is 0.511. The number of aromatic nitrogens is 4. The molecule has 1 saturated heterocycles. The van der Waals surface area contributed by atoms with Gasteiger partial charge in [0.1, 0.15) is 12.7 Å². The molecule has 4 rings (SSSR count). The molecule has 0 bridgehead atoms. The van der Waals surface area contributed by atoms with E-state index in [0.717, 1.165) is 18.7 Å². The largest absolute Gasteiger partial charge is 0.367 e. The lowest BCUT2D eigenvalue weighted by Gasteiger charge is -2.30. The second-order valence-electron chi connectivity index (χ2n) is 7.69. The number of rotatable bonds is 10. The lowest BCUT2D eigenvalue weighted by Crippen LogP contribution is -2.20. The Bertz CT molecular complexity index is 1190. The van der Waals surface area contributed by atoms with Gasteiger partial charge in [-0.15, -0.1) is 0 Å². The highest BCUT2D eigenvalue weighted by Gasteiger charge is 2.34. The van der Waals surface area contributed by atoms with Gasteiger partial charge in [-0.2, -0.15) is 0 Å². The number of aliphatic imine (C=N–C) groups is 1. The first-order valence-electron chi connectivity index (χ1n) is 11.2. The van der Waals surface area contributed by atoms with Crippen LogP contribution < -0.4 is 0 Å². The molecule has 0 spiro atoms. The van der Waals surface area contributed by atoms with Gasteiger partial charge in [-0.25, -0.2) is 19.9 Å². The molecule has 1 aromatic carbocycles. The van der Waals surface area contributed by atoms with Gasteiger partial charge in [-0.1, -0.05) is 23.7 Å². The van der Waals surface area contributed by atoms with Crippen LogP contribution in [0.5, 0.6) is 0 Å². The van der Waals surface area contributed by atoms with Gasteiger partial charge in [0, 0.05) is 31.1 Å². The van der Waals surface area contributed by atoms with Gasteiger partial charge in [0.25, 0.3) is 0 Å².